The van der Waals surface area contributed by atoms with E-state index in [9.17, 15) is 0 Å². The SMILES string of the molecule is CCC(N)C(c1ccc(Br)s1)N(CCC#N)CC(C)C. The molecule has 5 heteroatoms. The van der Waals surface area contributed by atoms with Gasteiger partial charge < -0.3 is 5.73 Å². The summed E-state index contributed by atoms with van der Waals surface area (Å²) in [6.07, 6.45) is 1.48. The summed E-state index contributed by atoms with van der Waals surface area (Å²) < 4.78 is 1.13. The van der Waals surface area contributed by atoms with Crippen LogP contribution in [0.25, 0.3) is 0 Å². The van der Waals surface area contributed by atoms with Crippen LogP contribution < -0.4 is 5.73 Å². The highest BCUT2D eigenvalue weighted by Gasteiger charge is 2.27. The molecule has 2 N–H and O–H groups in total. The van der Waals surface area contributed by atoms with Gasteiger partial charge in [0.05, 0.1) is 15.9 Å². The number of nitrogens with two attached hydrogens (primary N) is 1. The summed E-state index contributed by atoms with van der Waals surface area (Å²) in [7, 11) is 0. The molecule has 2 unspecified atom stereocenters. The van der Waals surface area contributed by atoms with Gasteiger partial charge in [0, 0.05) is 30.4 Å². The fourth-order valence-electron chi connectivity index (χ4n) is 2.38. The van der Waals surface area contributed by atoms with Crippen molar-refractivity contribution in [1.82, 2.24) is 4.90 Å². The van der Waals surface area contributed by atoms with Crippen LogP contribution in [0.2, 0.25) is 0 Å². The van der Waals surface area contributed by atoms with Crippen LogP contribution >= 0.6 is 27.3 Å². The number of thiophene rings is 1. The van der Waals surface area contributed by atoms with Gasteiger partial charge in [-0.2, -0.15) is 5.26 Å². The minimum absolute atomic E-state index is 0.0954. The molecule has 0 aliphatic carbocycles. The second-order valence-electron chi connectivity index (χ2n) is 5.46. The van der Waals surface area contributed by atoms with Crippen molar-refractivity contribution >= 4 is 27.3 Å². The Morgan fingerprint density at radius 3 is 2.60 bits per heavy atom. The first-order valence-electron chi connectivity index (χ1n) is 7.11. The fourth-order valence-corrected chi connectivity index (χ4v) is 4.01. The van der Waals surface area contributed by atoms with Gasteiger partial charge in [-0.15, -0.1) is 11.3 Å². The van der Waals surface area contributed by atoms with Crippen LogP contribution in [-0.4, -0.2) is 24.0 Å². The molecule has 0 fully saturated rings. The maximum absolute atomic E-state index is 8.89. The molecule has 1 aromatic heterocycles. The molecule has 20 heavy (non-hydrogen) atoms. The van der Waals surface area contributed by atoms with Crippen molar-refractivity contribution in [3.63, 3.8) is 0 Å². The molecule has 0 saturated carbocycles. The molecule has 112 valence electrons. The van der Waals surface area contributed by atoms with Crippen LogP contribution in [-0.2, 0) is 0 Å². The first kappa shape index (κ1) is 17.6. The summed E-state index contributed by atoms with van der Waals surface area (Å²) in [6, 6.07) is 6.77. The molecule has 2 atom stereocenters. The Labute approximate surface area is 134 Å². The first-order chi connectivity index (χ1) is 9.49. The van der Waals surface area contributed by atoms with Gasteiger partial charge in [-0.1, -0.05) is 20.8 Å². The van der Waals surface area contributed by atoms with E-state index in [-0.39, 0.29) is 12.1 Å². The second-order valence-corrected chi connectivity index (χ2v) is 7.95. The van der Waals surface area contributed by atoms with Gasteiger partial charge in [-0.25, -0.2) is 0 Å². The first-order valence-corrected chi connectivity index (χ1v) is 8.72. The normalized spacial score (nSPS) is 14.5. The molecule has 0 amide bonds. The van der Waals surface area contributed by atoms with E-state index in [2.05, 4.69) is 59.8 Å². The molecular weight excluding hydrogens is 334 g/mol. The highest BCUT2D eigenvalue weighted by atomic mass is 79.9. The third-order valence-corrected chi connectivity index (χ3v) is 4.96. The van der Waals surface area contributed by atoms with E-state index in [1.54, 1.807) is 11.3 Å². The Balaban J connectivity index is 3.00. The maximum Gasteiger partial charge on any atom is 0.0702 e. The van der Waals surface area contributed by atoms with Crippen molar-refractivity contribution in [2.24, 2.45) is 11.7 Å². The summed E-state index contributed by atoms with van der Waals surface area (Å²) >= 11 is 5.27. The topological polar surface area (TPSA) is 53.0 Å². The highest BCUT2D eigenvalue weighted by molar-refractivity contribution is 9.11. The number of rotatable bonds is 8. The molecular formula is C15H24BrN3S. The Morgan fingerprint density at radius 2 is 2.15 bits per heavy atom. The number of nitrogens with zero attached hydrogens (tertiary/aromatic N) is 2. The van der Waals surface area contributed by atoms with E-state index >= 15 is 0 Å². The third-order valence-electron chi connectivity index (χ3n) is 3.27. The lowest BCUT2D eigenvalue weighted by Crippen LogP contribution is -2.42. The van der Waals surface area contributed by atoms with Gasteiger partial charge in [0.25, 0.3) is 0 Å². The zero-order chi connectivity index (χ0) is 15.1. The van der Waals surface area contributed by atoms with Crippen LogP contribution in [0.15, 0.2) is 15.9 Å². The minimum atomic E-state index is 0.0954. The van der Waals surface area contributed by atoms with E-state index < -0.39 is 0 Å². The largest absolute Gasteiger partial charge is 0.326 e. The molecule has 0 bridgehead atoms. The summed E-state index contributed by atoms with van der Waals surface area (Å²) in [5, 5.41) is 8.89. The van der Waals surface area contributed by atoms with Crippen LogP contribution in [0.1, 0.15) is 44.5 Å². The van der Waals surface area contributed by atoms with Crippen molar-refractivity contribution in [3.8, 4) is 6.07 Å². The summed E-state index contributed by atoms with van der Waals surface area (Å²) in [5.41, 5.74) is 6.37. The smallest absolute Gasteiger partial charge is 0.0702 e. The molecule has 0 aliphatic heterocycles. The Morgan fingerprint density at radius 1 is 1.45 bits per heavy atom. The Hall–Kier alpha value is -0.410. The van der Waals surface area contributed by atoms with E-state index in [0.29, 0.717) is 12.3 Å². The minimum Gasteiger partial charge on any atom is -0.326 e. The van der Waals surface area contributed by atoms with Gasteiger partial charge >= 0.3 is 0 Å². The van der Waals surface area contributed by atoms with Crippen LogP contribution in [0, 0.1) is 17.2 Å². The third kappa shape index (κ3) is 5.17. The van der Waals surface area contributed by atoms with Crippen LogP contribution in [0.3, 0.4) is 0 Å². The number of hydrogen-bond donors (Lipinski definition) is 1. The fraction of sp³-hybridized carbons (Fsp3) is 0.667. The number of hydrogen-bond acceptors (Lipinski definition) is 4. The average Bonchev–Trinajstić information content (AvgIpc) is 2.81. The lowest BCUT2D eigenvalue weighted by molar-refractivity contribution is 0.156. The van der Waals surface area contributed by atoms with Crippen molar-refractivity contribution in [2.75, 3.05) is 13.1 Å². The molecule has 1 aromatic rings. The lowest BCUT2D eigenvalue weighted by Gasteiger charge is -2.35. The molecule has 1 rings (SSSR count). The van der Waals surface area contributed by atoms with E-state index in [1.807, 2.05) is 0 Å². The van der Waals surface area contributed by atoms with Crippen LogP contribution in [0.5, 0.6) is 0 Å². The molecule has 3 nitrogen and oxygen atoms in total. The molecule has 0 aliphatic rings. The van der Waals surface area contributed by atoms with Gasteiger partial charge in [-0.3, -0.25) is 4.90 Å². The van der Waals surface area contributed by atoms with Gasteiger partial charge in [0.2, 0.25) is 0 Å². The van der Waals surface area contributed by atoms with Crippen molar-refractivity contribution in [1.29, 1.82) is 5.26 Å². The Kier molecular flexibility index (Phi) is 7.75. The van der Waals surface area contributed by atoms with Crippen LogP contribution in [0.4, 0.5) is 0 Å². The van der Waals surface area contributed by atoms with Crippen molar-refractivity contribution in [2.45, 2.75) is 45.7 Å². The van der Waals surface area contributed by atoms with Crippen molar-refractivity contribution in [3.05, 3.63) is 20.8 Å². The maximum atomic E-state index is 8.89. The summed E-state index contributed by atoms with van der Waals surface area (Å²) in [4.78, 5) is 3.66. The zero-order valence-corrected chi connectivity index (χ0v) is 14.9. The predicted octanol–water partition coefficient (Wildman–Crippen LogP) is 4.16. The van der Waals surface area contributed by atoms with Gasteiger partial charge in [0.15, 0.2) is 0 Å². The second kappa shape index (κ2) is 8.78. The standard InChI is InChI=1S/C15H24BrN3S/c1-4-12(18)15(13-6-7-14(16)20-13)19(9-5-8-17)10-11(2)3/h6-7,11-12,15H,4-5,9-10,18H2,1-3H3. The summed E-state index contributed by atoms with van der Waals surface area (Å²) in [6.45, 7) is 8.28. The summed E-state index contributed by atoms with van der Waals surface area (Å²) in [5.74, 6) is 0.559. The molecule has 0 spiro atoms. The number of halogens is 1. The average molecular weight is 358 g/mol. The predicted molar refractivity (Wildman–Crippen MR) is 89.7 cm³/mol. The van der Waals surface area contributed by atoms with E-state index in [0.717, 1.165) is 23.3 Å². The van der Waals surface area contributed by atoms with Gasteiger partial charge in [0.1, 0.15) is 0 Å². The molecule has 0 aromatic carbocycles. The lowest BCUT2D eigenvalue weighted by atomic mass is 10.0. The van der Waals surface area contributed by atoms with Crippen molar-refractivity contribution < 1.29 is 0 Å². The van der Waals surface area contributed by atoms with Gasteiger partial charge in [-0.05, 0) is 40.4 Å². The zero-order valence-electron chi connectivity index (χ0n) is 12.5. The monoisotopic (exact) mass is 357 g/mol. The highest BCUT2D eigenvalue weighted by Crippen LogP contribution is 2.33. The Bertz CT molecular complexity index is 439. The quantitative estimate of drug-likeness (QED) is 0.759. The number of nitriles is 1. The molecule has 0 radical (unpaired) electrons. The van der Waals surface area contributed by atoms with E-state index in [1.165, 1.54) is 4.88 Å². The van der Waals surface area contributed by atoms with E-state index in [4.69, 9.17) is 11.0 Å². The molecule has 1 heterocycles. The molecule has 0 saturated heterocycles.